The van der Waals surface area contributed by atoms with E-state index >= 15 is 0 Å². The third kappa shape index (κ3) is 9.05. The van der Waals surface area contributed by atoms with Crippen molar-refractivity contribution < 1.29 is 14.0 Å². The Hall–Kier alpha value is -0.613. The lowest BCUT2D eigenvalue weighted by molar-refractivity contribution is -0.147. The second kappa shape index (κ2) is 12.7. The van der Waals surface area contributed by atoms with Crippen LogP contribution < -0.4 is 0 Å². The van der Waals surface area contributed by atoms with Crippen LogP contribution in [0, 0.1) is 0 Å². The number of carbonyl (C=O) groups is 1. The summed E-state index contributed by atoms with van der Waals surface area (Å²) in [5.41, 5.74) is 0. The highest BCUT2D eigenvalue weighted by atomic mass is 28.4. The summed E-state index contributed by atoms with van der Waals surface area (Å²) in [4.78, 5) is 11.3. The Morgan fingerprint density at radius 1 is 0.960 bits per heavy atom. The van der Waals surface area contributed by atoms with Crippen LogP contribution in [0.2, 0.25) is 18.1 Å². The summed E-state index contributed by atoms with van der Waals surface area (Å²) < 4.78 is 12.2. The van der Waals surface area contributed by atoms with E-state index in [-0.39, 0.29) is 12.1 Å². The summed E-state index contributed by atoms with van der Waals surface area (Å²) in [7, 11) is -1.54. The average Bonchev–Trinajstić information content (AvgIpc) is 2.62. The molecule has 4 heteroatoms. The Kier molecular flexibility index (Phi) is 11.4. The van der Waals surface area contributed by atoms with E-state index in [1.807, 2.05) is 0 Å². The molecule has 0 heterocycles. The molecule has 0 aromatic carbocycles. The average molecular weight is 369 g/mol. The fourth-order valence-electron chi connectivity index (χ4n) is 3.79. The van der Waals surface area contributed by atoms with Crippen molar-refractivity contribution in [2.75, 3.05) is 0 Å². The second-order valence-electron chi connectivity index (χ2n) is 7.48. The predicted octanol–water partition coefficient (Wildman–Crippen LogP) is 6.39. The Balaban J connectivity index is 2.60. The maximum Gasteiger partial charge on any atom is 0.302 e. The van der Waals surface area contributed by atoms with Crippen molar-refractivity contribution in [3.8, 4) is 0 Å². The molecular weight excluding hydrogens is 328 g/mol. The number of hydrogen-bond acceptors (Lipinski definition) is 3. The molecule has 0 amide bonds. The second-order valence-corrected chi connectivity index (χ2v) is 12.2. The van der Waals surface area contributed by atoms with Gasteiger partial charge in [0.25, 0.3) is 0 Å². The van der Waals surface area contributed by atoms with Crippen LogP contribution in [0.15, 0.2) is 12.2 Å². The normalized spacial score (nSPS) is 25.3. The lowest BCUT2D eigenvalue weighted by atomic mass is 10.0. The first kappa shape index (κ1) is 22.4. The molecule has 2 atom stereocenters. The fraction of sp³-hybridized carbons (Fsp3) is 0.857. The van der Waals surface area contributed by atoms with E-state index < -0.39 is 8.32 Å². The Bertz CT molecular complexity index is 382. The highest BCUT2D eigenvalue weighted by Crippen LogP contribution is 2.26. The topological polar surface area (TPSA) is 35.5 Å². The quantitative estimate of drug-likeness (QED) is 0.309. The molecule has 1 aliphatic carbocycles. The zero-order valence-corrected chi connectivity index (χ0v) is 18.0. The smallest absolute Gasteiger partial charge is 0.302 e. The van der Waals surface area contributed by atoms with Crippen molar-refractivity contribution in [1.82, 2.24) is 0 Å². The number of ether oxygens (including phenoxy) is 1. The minimum Gasteiger partial charge on any atom is -0.463 e. The molecule has 2 unspecified atom stereocenters. The van der Waals surface area contributed by atoms with Crippen LogP contribution in [0.3, 0.4) is 0 Å². The molecule has 0 bridgehead atoms. The van der Waals surface area contributed by atoms with Crippen LogP contribution in [0.4, 0.5) is 0 Å². The predicted molar refractivity (Wildman–Crippen MR) is 108 cm³/mol. The highest BCUT2D eigenvalue weighted by molar-refractivity contribution is 6.73. The molecule has 146 valence electrons. The summed E-state index contributed by atoms with van der Waals surface area (Å²) in [6.07, 6.45) is 15.2. The van der Waals surface area contributed by atoms with Crippen LogP contribution in [-0.2, 0) is 14.0 Å². The first-order chi connectivity index (χ1) is 12.0. The number of hydrogen-bond donors (Lipinski definition) is 0. The van der Waals surface area contributed by atoms with Crippen molar-refractivity contribution >= 4 is 14.3 Å². The summed E-state index contributed by atoms with van der Waals surface area (Å²) in [5.74, 6) is -0.136. The van der Waals surface area contributed by atoms with E-state index in [4.69, 9.17) is 9.16 Å². The summed E-state index contributed by atoms with van der Waals surface area (Å²) >= 11 is 0. The zero-order chi connectivity index (χ0) is 18.5. The summed E-state index contributed by atoms with van der Waals surface area (Å²) in [5, 5.41) is 0. The summed E-state index contributed by atoms with van der Waals surface area (Å²) in [6, 6.07) is 3.65. The molecule has 0 spiro atoms. The van der Waals surface area contributed by atoms with E-state index in [1.165, 1.54) is 44.3 Å². The van der Waals surface area contributed by atoms with Gasteiger partial charge in [0.05, 0.1) is 6.10 Å². The van der Waals surface area contributed by atoms with Crippen molar-refractivity contribution in [2.24, 2.45) is 0 Å². The van der Waals surface area contributed by atoms with E-state index in [9.17, 15) is 4.79 Å². The molecule has 25 heavy (non-hydrogen) atoms. The molecule has 0 aromatic rings. The Morgan fingerprint density at radius 3 is 2.16 bits per heavy atom. The molecule has 0 aromatic heterocycles. The lowest BCUT2D eigenvalue weighted by Crippen LogP contribution is -2.39. The number of esters is 1. The minimum absolute atomic E-state index is 0.120. The molecule has 0 radical (unpaired) electrons. The molecule has 0 fully saturated rings. The van der Waals surface area contributed by atoms with Crippen LogP contribution >= 0.6 is 0 Å². The molecule has 1 rings (SSSR count). The van der Waals surface area contributed by atoms with Crippen LogP contribution in [-0.4, -0.2) is 26.5 Å². The van der Waals surface area contributed by atoms with Crippen LogP contribution in [0.1, 0.15) is 85.5 Å². The van der Waals surface area contributed by atoms with E-state index in [1.54, 1.807) is 0 Å². The van der Waals surface area contributed by atoms with Crippen molar-refractivity contribution in [1.29, 1.82) is 0 Å². The van der Waals surface area contributed by atoms with Gasteiger partial charge in [-0.3, -0.25) is 4.79 Å². The Labute approximate surface area is 156 Å². The molecule has 0 N–H and O–H groups in total. The summed E-state index contributed by atoms with van der Waals surface area (Å²) in [6.45, 7) is 8.43. The number of carbonyl (C=O) groups excluding carboxylic acids is 1. The SMILES string of the molecule is CC[Si](CC)(CC)OC1/C=C/CCCCC(OC(C)=O)CCCCC1. The standard InChI is InChI=1S/C21H40O3Si/c1-5-25(6-2,7-3)24-21-17-12-9-8-11-15-20(23-19(4)22)16-13-10-14-18-21/h12,17,20-21H,5-11,13-16,18H2,1-4H3/b17-12+. The van der Waals surface area contributed by atoms with Gasteiger partial charge in [-0.1, -0.05) is 45.8 Å². The van der Waals surface area contributed by atoms with Crippen LogP contribution in [0.5, 0.6) is 0 Å². The highest BCUT2D eigenvalue weighted by Gasteiger charge is 2.31. The maximum atomic E-state index is 11.3. The van der Waals surface area contributed by atoms with Gasteiger partial charge in [-0.25, -0.2) is 0 Å². The van der Waals surface area contributed by atoms with E-state index in [0.29, 0.717) is 6.10 Å². The molecule has 0 saturated carbocycles. The van der Waals surface area contributed by atoms with Crippen molar-refractivity contribution in [3.63, 3.8) is 0 Å². The minimum atomic E-state index is -1.54. The Morgan fingerprint density at radius 2 is 1.56 bits per heavy atom. The van der Waals surface area contributed by atoms with Gasteiger partial charge < -0.3 is 9.16 Å². The van der Waals surface area contributed by atoms with Gasteiger partial charge in [0.15, 0.2) is 8.32 Å². The third-order valence-corrected chi connectivity index (χ3v) is 10.3. The van der Waals surface area contributed by atoms with Gasteiger partial charge in [0, 0.05) is 6.92 Å². The van der Waals surface area contributed by atoms with Gasteiger partial charge >= 0.3 is 5.97 Å². The largest absolute Gasteiger partial charge is 0.463 e. The number of rotatable bonds is 6. The van der Waals surface area contributed by atoms with Crippen molar-refractivity contribution in [2.45, 2.75) is 116 Å². The zero-order valence-electron chi connectivity index (χ0n) is 17.0. The van der Waals surface area contributed by atoms with Gasteiger partial charge in [-0.05, 0) is 63.1 Å². The van der Waals surface area contributed by atoms with Crippen molar-refractivity contribution in [3.05, 3.63) is 12.2 Å². The van der Waals surface area contributed by atoms with E-state index in [0.717, 1.165) is 38.5 Å². The monoisotopic (exact) mass is 368 g/mol. The van der Waals surface area contributed by atoms with Gasteiger partial charge in [0.1, 0.15) is 6.10 Å². The molecule has 3 nitrogen and oxygen atoms in total. The first-order valence-corrected chi connectivity index (χ1v) is 13.1. The molecule has 0 aliphatic heterocycles. The molecule has 0 saturated heterocycles. The van der Waals surface area contributed by atoms with Gasteiger partial charge in [-0.15, -0.1) is 0 Å². The number of allylic oxidation sites excluding steroid dienone is 1. The van der Waals surface area contributed by atoms with Gasteiger partial charge in [-0.2, -0.15) is 0 Å². The van der Waals surface area contributed by atoms with Gasteiger partial charge in [0.2, 0.25) is 0 Å². The first-order valence-electron chi connectivity index (χ1n) is 10.6. The molecular formula is C21H40O3Si. The van der Waals surface area contributed by atoms with E-state index in [2.05, 4.69) is 32.9 Å². The third-order valence-electron chi connectivity index (χ3n) is 5.68. The fourth-order valence-corrected chi connectivity index (χ4v) is 6.63. The van der Waals surface area contributed by atoms with Crippen LogP contribution in [0.25, 0.3) is 0 Å². The molecule has 1 aliphatic rings. The maximum absolute atomic E-state index is 11.3. The lowest BCUT2D eigenvalue weighted by Gasteiger charge is -2.32.